The number of carbonyl (C=O) groups excluding carboxylic acids is 1. The number of rotatable bonds is 2. The van der Waals surface area contributed by atoms with Crippen LogP contribution >= 0.6 is 34.2 Å². The van der Waals surface area contributed by atoms with E-state index in [0.717, 1.165) is 14.5 Å². The fourth-order valence-corrected chi connectivity index (χ4v) is 2.24. The lowest BCUT2D eigenvalue weighted by Gasteiger charge is -2.06. The summed E-state index contributed by atoms with van der Waals surface area (Å²) in [5.74, 6) is -0.439. The largest absolute Gasteiger partial charge is 0.462 e. The van der Waals surface area contributed by atoms with Crippen molar-refractivity contribution in [2.45, 2.75) is 6.92 Å². The van der Waals surface area contributed by atoms with Crippen molar-refractivity contribution in [1.29, 1.82) is 0 Å². The third-order valence-corrected chi connectivity index (χ3v) is 3.34. The molecule has 0 saturated heterocycles. The number of nitrogens with zero attached hydrogens (tertiary/aromatic N) is 1. The molecule has 0 aliphatic rings. The average molecular weight is 362 g/mol. The van der Waals surface area contributed by atoms with Gasteiger partial charge in [0.1, 0.15) is 0 Å². The van der Waals surface area contributed by atoms with Gasteiger partial charge in [0.25, 0.3) is 0 Å². The van der Waals surface area contributed by atoms with Gasteiger partial charge in [0.2, 0.25) is 0 Å². The predicted molar refractivity (Wildman–Crippen MR) is 75.4 cm³/mol. The number of aromatic nitrogens is 1. The van der Waals surface area contributed by atoms with Gasteiger partial charge in [0, 0.05) is 15.2 Å². The summed E-state index contributed by atoms with van der Waals surface area (Å²) < 4.78 is 5.99. The molecule has 0 aliphatic heterocycles. The van der Waals surface area contributed by atoms with Crippen molar-refractivity contribution < 1.29 is 9.53 Å². The Morgan fingerprint density at radius 1 is 1.53 bits per heavy atom. The second-order valence-corrected chi connectivity index (χ2v) is 4.99. The van der Waals surface area contributed by atoms with E-state index < -0.39 is 5.97 Å². The monoisotopic (exact) mass is 361 g/mol. The highest BCUT2D eigenvalue weighted by Gasteiger charge is 2.14. The third-order valence-electron chi connectivity index (χ3n) is 2.26. The summed E-state index contributed by atoms with van der Waals surface area (Å²) in [6, 6.07) is 5.69. The molecule has 88 valence electrons. The molecule has 0 bridgehead atoms. The summed E-state index contributed by atoms with van der Waals surface area (Å²) in [5, 5.41) is 1.16. The summed E-state index contributed by atoms with van der Waals surface area (Å²) in [6.07, 6.45) is 1.46. The van der Waals surface area contributed by atoms with Crippen LogP contribution < -0.4 is 0 Å². The normalized spacial score (nSPS) is 10.5. The molecular weight excluding hydrogens is 352 g/mol. The van der Waals surface area contributed by atoms with Gasteiger partial charge in [0.05, 0.1) is 22.7 Å². The van der Waals surface area contributed by atoms with Crippen molar-refractivity contribution in [3.63, 3.8) is 0 Å². The summed E-state index contributed by atoms with van der Waals surface area (Å²) in [7, 11) is 0. The Hall–Kier alpha value is -0.880. The molecule has 0 N–H and O–H groups in total. The molecule has 2 aromatic rings. The average Bonchev–Trinajstić information content (AvgIpc) is 2.29. The highest BCUT2D eigenvalue weighted by Crippen LogP contribution is 2.27. The number of halogens is 2. The zero-order chi connectivity index (χ0) is 12.4. The summed E-state index contributed by atoms with van der Waals surface area (Å²) in [4.78, 5) is 15.8. The number of benzene rings is 1. The molecule has 0 aliphatic carbocycles. The molecule has 5 heteroatoms. The van der Waals surface area contributed by atoms with Crippen molar-refractivity contribution in [3.05, 3.63) is 38.6 Å². The first-order valence-electron chi connectivity index (χ1n) is 5.04. The number of ether oxygens (including phenoxy) is 1. The SMILES string of the molecule is CCOC(=O)c1cnc2cc(I)ccc2c1Cl. The van der Waals surface area contributed by atoms with Crippen molar-refractivity contribution in [3.8, 4) is 0 Å². The molecule has 0 radical (unpaired) electrons. The fraction of sp³-hybridized carbons (Fsp3) is 0.167. The van der Waals surface area contributed by atoms with E-state index >= 15 is 0 Å². The Bertz CT molecular complexity index is 586. The van der Waals surface area contributed by atoms with Gasteiger partial charge in [-0.25, -0.2) is 4.79 Å². The highest BCUT2D eigenvalue weighted by molar-refractivity contribution is 14.1. The Balaban J connectivity index is 2.58. The predicted octanol–water partition coefficient (Wildman–Crippen LogP) is 3.67. The number of esters is 1. The standard InChI is InChI=1S/C12H9ClINO2/c1-2-17-12(16)9-6-15-10-5-7(14)3-4-8(10)11(9)13/h3-6H,2H2,1H3. The maximum absolute atomic E-state index is 11.6. The van der Waals surface area contributed by atoms with Gasteiger partial charge in [-0.15, -0.1) is 0 Å². The third kappa shape index (κ3) is 2.52. The molecule has 2 rings (SSSR count). The molecule has 0 unspecified atom stereocenters. The van der Waals surface area contributed by atoms with Crippen LogP contribution in [0, 0.1) is 3.57 Å². The minimum atomic E-state index is -0.439. The van der Waals surface area contributed by atoms with Gasteiger partial charge in [-0.1, -0.05) is 17.7 Å². The minimum Gasteiger partial charge on any atom is -0.462 e. The molecule has 3 nitrogen and oxygen atoms in total. The van der Waals surface area contributed by atoms with Gasteiger partial charge >= 0.3 is 5.97 Å². The Morgan fingerprint density at radius 3 is 3.00 bits per heavy atom. The second kappa shape index (κ2) is 5.18. The van der Waals surface area contributed by atoms with Crippen LogP contribution in [-0.2, 0) is 4.74 Å². The highest BCUT2D eigenvalue weighted by atomic mass is 127. The molecule has 0 saturated carbocycles. The molecular formula is C12H9ClINO2. The molecule has 17 heavy (non-hydrogen) atoms. The van der Waals surface area contributed by atoms with E-state index in [0.29, 0.717) is 17.2 Å². The number of pyridine rings is 1. The van der Waals surface area contributed by atoms with Gasteiger partial charge in [0.15, 0.2) is 0 Å². The van der Waals surface area contributed by atoms with E-state index in [9.17, 15) is 4.79 Å². The number of hydrogen-bond donors (Lipinski definition) is 0. The lowest BCUT2D eigenvalue weighted by molar-refractivity contribution is 0.0526. The maximum Gasteiger partial charge on any atom is 0.341 e. The quantitative estimate of drug-likeness (QED) is 0.605. The minimum absolute atomic E-state index is 0.308. The van der Waals surface area contributed by atoms with Crippen LogP contribution in [0.15, 0.2) is 24.4 Å². The van der Waals surface area contributed by atoms with Gasteiger partial charge in [-0.05, 0) is 41.6 Å². The van der Waals surface area contributed by atoms with Crippen molar-refractivity contribution in [2.75, 3.05) is 6.61 Å². The molecule has 1 heterocycles. The van der Waals surface area contributed by atoms with E-state index in [1.165, 1.54) is 6.20 Å². The molecule has 0 atom stereocenters. The lowest BCUT2D eigenvalue weighted by atomic mass is 10.1. The maximum atomic E-state index is 11.6. The Kier molecular flexibility index (Phi) is 3.83. The van der Waals surface area contributed by atoms with E-state index in [1.807, 2.05) is 18.2 Å². The van der Waals surface area contributed by atoms with Crippen LogP contribution in [-0.4, -0.2) is 17.6 Å². The molecule has 0 amide bonds. The van der Waals surface area contributed by atoms with E-state index in [-0.39, 0.29) is 0 Å². The van der Waals surface area contributed by atoms with E-state index in [2.05, 4.69) is 27.6 Å². The summed E-state index contributed by atoms with van der Waals surface area (Å²) >= 11 is 8.38. The molecule has 0 spiro atoms. The first-order valence-corrected chi connectivity index (χ1v) is 6.50. The summed E-state index contributed by atoms with van der Waals surface area (Å²) in [6.45, 7) is 2.07. The van der Waals surface area contributed by atoms with Gasteiger partial charge in [-0.3, -0.25) is 4.98 Å². The smallest absolute Gasteiger partial charge is 0.341 e. The summed E-state index contributed by atoms with van der Waals surface area (Å²) in [5.41, 5.74) is 1.08. The molecule has 0 fully saturated rings. The zero-order valence-electron chi connectivity index (χ0n) is 9.04. The van der Waals surface area contributed by atoms with Crippen molar-refractivity contribution >= 4 is 51.1 Å². The van der Waals surface area contributed by atoms with Crippen LogP contribution in [0.1, 0.15) is 17.3 Å². The Labute approximate surface area is 117 Å². The lowest BCUT2D eigenvalue weighted by Crippen LogP contribution is -2.06. The first kappa shape index (κ1) is 12.6. The van der Waals surface area contributed by atoms with Crippen LogP contribution in [0.4, 0.5) is 0 Å². The first-order chi connectivity index (χ1) is 8.13. The van der Waals surface area contributed by atoms with Crippen LogP contribution in [0.3, 0.4) is 0 Å². The number of hydrogen-bond acceptors (Lipinski definition) is 3. The number of carbonyl (C=O) groups is 1. The van der Waals surface area contributed by atoms with Crippen molar-refractivity contribution in [1.82, 2.24) is 4.98 Å². The van der Waals surface area contributed by atoms with Crippen LogP contribution in [0.5, 0.6) is 0 Å². The van der Waals surface area contributed by atoms with Crippen LogP contribution in [0.25, 0.3) is 10.9 Å². The number of fused-ring (bicyclic) bond motifs is 1. The van der Waals surface area contributed by atoms with Crippen molar-refractivity contribution in [2.24, 2.45) is 0 Å². The van der Waals surface area contributed by atoms with Gasteiger partial charge < -0.3 is 4.74 Å². The Morgan fingerprint density at radius 2 is 2.29 bits per heavy atom. The van der Waals surface area contributed by atoms with E-state index in [4.69, 9.17) is 16.3 Å². The molecule has 1 aromatic carbocycles. The topological polar surface area (TPSA) is 39.2 Å². The van der Waals surface area contributed by atoms with Gasteiger partial charge in [-0.2, -0.15) is 0 Å². The zero-order valence-corrected chi connectivity index (χ0v) is 11.9. The second-order valence-electron chi connectivity index (χ2n) is 3.37. The van der Waals surface area contributed by atoms with Crippen LogP contribution in [0.2, 0.25) is 5.02 Å². The fourth-order valence-electron chi connectivity index (χ4n) is 1.48. The van der Waals surface area contributed by atoms with E-state index in [1.54, 1.807) is 6.92 Å². The molecule has 1 aromatic heterocycles.